The Kier molecular flexibility index (Phi) is 5.44. The summed E-state index contributed by atoms with van der Waals surface area (Å²) in [6.45, 7) is 5.36. The van der Waals surface area contributed by atoms with E-state index in [1.807, 2.05) is 17.8 Å². The highest BCUT2D eigenvalue weighted by molar-refractivity contribution is 7.89. The Bertz CT molecular complexity index is 1760. The van der Waals surface area contributed by atoms with Gasteiger partial charge in [0.25, 0.3) is 10.0 Å². The first-order chi connectivity index (χ1) is 18.8. The Balaban J connectivity index is 1.30. The fourth-order valence-electron chi connectivity index (χ4n) is 6.97. The maximum atomic E-state index is 13.6. The van der Waals surface area contributed by atoms with Crippen molar-refractivity contribution in [3.63, 3.8) is 0 Å². The monoisotopic (exact) mass is 544 g/mol. The second-order valence-corrected chi connectivity index (χ2v) is 12.7. The van der Waals surface area contributed by atoms with Gasteiger partial charge in [0, 0.05) is 23.9 Å². The van der Waals surface area contributed by atoms with Crippen molar-refractivity contribution in [3.05, 3.63) is 90.0 Å². The molecule has 4 aromatic rings. The molecular weight excluding hydrogens is 515 g/mol. The molecule has 200 valence electrons. The van der Waals surface area contributed by atoms with E-state index in [4.69, 9.17) is 0 Å². The summed E-state index contributed by atoms with van der Waals surface area (Å²) in [5.74, 6) is 0.628. The van der Waals surface area contributed by atoms with Crippen LogP contribution in [0.4, 0.5) is 4.39 Å². The molecule has 10 heteroatoms. The van der Waals surface area contributed by atoms with E-state index < -0.39 is 10.0 Å². The van der Waals surface area contributed by atoms with Crippen molar-refractivity contribution in [3.8, 4) is 5.69 Å². The Morgan fingerprint density at radius 2 is 1.92 bits per heavy atom. The predicted octanol–water partition coefficient (Wildman–Crippen LogP) is 4.41. The summed E-state index contributed by atoms with van der Waals surface area (Å²) in [4.78, 5) is 1.40. The van der Waals surface area contributed by atoms with E-state index >= 15 is 0 Å². The van der Waals surface area contributed by atoms with Gasteiger partial charge in [0.1, 0.15) is 5.82 Å². The molecule has 4 atom stereocenters. The van der Waals surface area contributed by atoms with Gasteiger partial charge in [0.05, 0.1) is 30.1 Å². The molecule has 1 saturated heterocycles. The minimum atomic E-state index is -3.76. The van der Waals surface area contributed by atoms with Crippen LogP contribution >= 0.6 is 0 Å². The van der Waals surface area contributed by atoms with E-state index in [9.17, 15) is 12.8 Å². The van der Waals surface area contributed by atoms with Crippen molar-refractivity contribution in [2.24, 2.45) is 17.8 Å². The number of aromatic nitrogens is 5. The zero-order chi connectivity index (χ0) is 26.9. The Hall–Kier alpha value is -3.63. The summed E-state index contributed by atoms with van der Waals surface area (Å²) in [5, 5.41) is 13.9. The summed E-state index contributed by atoms with van der Waals surface area (Å²) in [5.41, 5.74) is 3.72. The summed E-state index contributed by atoms with van der Waals surface area (Å²) in [6, 6.07) is 10.6. The molecular formula is C29H29FN6O2S. The standard InChI is InChI=1S/C29H29FN6O2S/c1-3-35-31-16-27(33-35)39(37,38)34-17-25-28(20-7-5-4-6-8-20)29(25,18-34)24-14-21-15-32-36(26(21)13-19(24)2)23-11-9-22(30)10-12-23/h4-7,9-16,20,25,28H,3,8,17-18H2,1-2H3/t20?,25-,28-,29+/m1/s1. The van der Waals surface area contributed by atoms with E-state index in [2.05, 4.69) is 58.7 Å². The van der Waals surface area contributed by atoms with Crippen molar-refractivity contribution in [2.45, 2.75) is 37.3 Å². The lowest BCUT2D eigenvalue weighted by atomic mass is 9.83. The van der Waals surface area contributed by atoms with Crippen molar-refractivity contribution < 1.29 is 12.8 Å². The molecule has 1 aliphatic heterocycles. The number of fused-ring (bicyclic) bond motifs is 2. The molecule has 2 fully saturated rings. The van der Waals surface area contributed by atoms with Gasteiger partial charge in [-0.2, -0.15) is 19.3 Å². The quantitative estimate of drug-likeness (QED) is 0.359. The smallest absolute Gasteiger partial charge is 0.233 e. The summed E-state index contributed by atoms with van der Waals surface area (Å²) >= 11 is 0. The molecule has 8 nitrogen and oxygen atoms in total. The van der Waals surface area contributed by atoms with Gasteiger partial charge in [-0.15, -0.1) is 5.10 Å². The van der Waals surface area contributed by atoms with E-state index in [0.29, 0.717) is 31.5 Å². The molecule has 2 aliphatic carbocycles. The Labute approximate surface area is 226 Å². The third-order valence-electron chi connectivity index (χ3n) is 8.78. The van der Waals surface area contributed by atoms with E-state index in [-0.39, 0.29) is 22.2 Å². The van der Waals surface area contributed by atoms with Gasteiger partial charge in [-0.05, 0) is 85.5 Å². The van der Waals surface area contributed by atoms with Gasteiger partial charge in [-0.3, -0.25) is 0 Å². The molecule has 0 bridgehead atoms. The second-order valence-electron chi connectivity index (χ2n) is 10.8. The van der Waals surface area contributed by atoms with Crippen LogP contribution in [-0.4, -0.2) is 50.6 Å². The predicted molar refractivity (Wildman–Crippen MR) is 145 cm³/mol. The third kappa shape index (κ3) is 3.65. The fraction of sp³-hybridized carbons (Fsp3) is 0.345. The lowest BCUT2D eigenvalue weighted by Crippen LogP contribution is -2.36. The molecule has 39 heavy (non-hydrogen) atoms. The van der Waals surface area contributed by atoms with Gasteiger partial charge in [-0.1, -0.05) is 24.3 Å². The zero-order valence-corrected chi connectivity index (χ0v) is 22.6. The van der Waals surface area contributed by atoms with Crippen LogP contribution < -0.4 is 0 Å². The summed E-state index contributed by atoms with van der Waals surface area (Å²) in [6.07, 6.45) is 12.8. The Morgan fingerprint density at radius 3 is 2.64 bits per heavy atom. The highest BCUT2D eigenvalue weighted by Crippen LogP contribution is 2.69. The molecule has 1 saturated carbocycles. The van der Waals surface area contributed by atoms with E-state index in [0.717, 1.165) is 28.6 Å². The van der Waals surface area contributed by atoms with Gasteiger partial charge < -0.3 is 0 Å². The van der Waals surface area contributed by atoms with Crippen LogP contribution in [0.2, 0.25) is 0 Å². The number of nitrogens with zero attached hydrogens (tertiary/aromatic N) is 6. The first-order valence-electron chi connectivity index (χ1n) is 13.3. The number of piperidine rings is 1. The van der Waals surface area contributed by atoms with Gasteiger partial charge in [0.15, 0.2) is 0 Å². The first-order valence-corrected chi connectivity index (χ1v) is 14.8. The van der Waals surface area contributed by atoms with Crippen molar-refractivity contribution in [1.82, 2.24) is 29.1 Å². The number of hydrogen-bond donors (Lipinski definition) is 0. The molecule has 0 radical (unpaired) electrons. The van der Waals surface area contributed by atoms with Crippen LogP contribution in [0.5, 0.6) is 0 Å². The van der Waals surface area contributed by atoms with Gasteiger partial charge in [0.2, 0.25) is 5.03 Å². The van der Waals surface area contributed by atoms with E-state index in [1.54, 1.807) is 16.4 Å². The lowest BCUT2D eigenvalue weighted by molar-refractivity contribution is 0.359. The minimum Gasteiger partial charge on any atom is -0.233 e. The molecule has 1 unspecified atom stereocenters. The van der Waals surface area contributed by atoms with Gasteiger partial charge >= 0.3 is 0 Å². The normalized spacial score (nSPS) is 26.4. The maximum Gasteiger partial charge on any atom is 0.264 e. The molecule has 2 aromatic carbocycles. The van der Waals surface area contributed by atoms with Gasteiger partial charge in [-0.25, -0.2) is 17.5 Å². The third-order valence-corrected chi connectivity index (χ3v) is 10.5. The van der Waals surface area contributed by atoms with Crippen LogP contribution in [-0.2, 0) is 22.0 Å². The van der Waals surface area contributed by atoms with Crippen LogP contribution in [0.25, 0.3) is 16.6 Å². The number of sulfonamides is 1. The largest absolute Gasteiger partial charge is 0.264 e. The van der Waals surface area contributed by atoms with Crippen molar-refractivity contribution >= 4 is 20.9 Å². The van der Waals surface area contributed by atoms with Crippen LogP contribution in [0.3, 0.4) is 0 Å². The number of halogens is 1. The molecule has 0 N–H and O–H groups in total. The SMILES string of the molecule is CCn1ncc(S(=O)(=O)N2C[C@@H]3[C@@H](C4C=CC=CC4)[C@]3(c3cc4cnn(-c5ccc(F)cc5)c4cc3C)C2)n1. The fourth-order valence-corrected chi connectivity index (χ4v) is 8.35. The van der Waals surface area contributed by atoms with Crippen LogP contribution in [0, 0.1) is 30.5 Å². The number of allylic oxidation sites excluding steroid dienone is 4. The second kappa shape index (κ2) is 8.69. The zero-order valence-electron chi connectivity index (χ0n) is 21.8. The molecule has 3 heterocycles. The highest BCUT2D eigenvalue weighted by atomic mass is 32.2. The number of hydrogen-bond acceptors (Lipinski definition) is 5. The average Bonchev–Trinajstić information content (AvgIpc) is 3.41. The average molecular weight is 545 g/mol. The number of aryl methyl sites for hydroxylation is 2. The molecule has 2 aromatic heterocycles. The number of benzene rings is 2. The molecule has 7 rings (SSSR count). The summed E-state index contributed by atoms with van der Waals surface area (Å²) in [7, 11) is -3.76. The number of rotatable bonds is 6. The maximum absolute atomic E-state index is 13.6. The molecule has 0 spiro atoms. The van der Waals surface area contributed by atoms with Crippen LogP contribution in [0.1, 0.15) is 24.5 Å². The molecule has 0 amide bonds. The van der Waals surface area contributed by atoms with Crippen LogP contribution in [0.15, 0.2) is 78.1 Å². The minimum absolute atomic E-state index is 0.00518. The lowest BCUT2D eigenvalue weighted by Gasteiger charge is -2.27. The highest BCUT2D eigenvalue weighted by Gasteiger charge is 2.72. The Morgan fingerprint density at radius 1 is 1.10 bits per heavy atom. The van der Waals surface area contributed by atoms with Crippen molar-refractivity contribution in [2.75, 3.05) is 13.1 Å². The van der Waals surface area contributed by atoms with E-state index in [1.165, 1.54) is 28.7 Å². The first kappa shape index (κ1) is 24.4. The van der Waals surface area contributed by atoms with Crippen molar-refractivity contribution in [1.29, 1.82) is 0 Å². The summed E-state index contributed by atoms with van der Waals surface area (Å²) < 4.78 is 44.2. The topological polar surface area (TPSA) is 85.9 Å². The molecule has 3 aliphatic rings.